The zero-order chi connectivity index (χ0) is 18.4. The molecule has 1 aromatic heterocycles. The van der Waals surface area contributed by atoms with Gasteiger partial charge in [0.15, 0.2) is 0 Å². The van der Waals surface area contributed by atoms with Crippen molar-refractivity contribution in [3.8, 4) is 0 Å². The van der Waals surface area contributed by atoms with E-state index in [0.717, 1.165) is 22.4 Å². The van der Waals surface area contributed by atoms with E-state index in [4.69, 9.17) is 0 Å². The molecule has 2 aliphatic heterocycles. The van der Waals surface area contributed by atoms with Crippen LogP contribution in [0.4, 0.5) is 11.4 Å². The van der Waals surface area contributed by atoms with Gasteiger partial charge in [-0.15, -0.1) is 0 Å². The number of carbonyl (C=O) groups excluding carboxylic acids is 2. The van der Waals surface area contributed by atoms with Crippen LogP contribution in [-0.4, -0.2) is 40.0 Å². The summed E-state index contributed by atoms with van der Waals surface area (Å²) in [6, 6.07) is 15.2. The van der Waals surface area contributed by atoms with Gasteiger partial charge in [0, 0.05) is 12.6 Å². The summed E-state index contributed by atoms with van der Waals surface area (Å²) >= 11 is 0. The first-order valence-electron chi connectivity index (χ1n) is 9.05. The number of amides is 2. The highest BCUT2D eigenvalue weighted by atomic mass is 16.2. The van der Waals surface area contributed by atoms with Crippen LogP contribution in [0.25, 0.3) is 11.0 Å². The smallest absolute Gasteiger partial charge is 0.247 e. The van der Waals surface area contributed by atoms with Gasteiger partial charge >= 0.3 is 0 Å². The van der Waals surface area contributed by atoms with Gasteiger partial charge in [0.1, 0.15) is 12.6 Å². The van der Waals surface area contributed by atoms with Crippen molar-refractivity contribution in [2.24, 2.45) is 0 Å². The third kappa shape index (κ3) is 2.71. The topological polar surface area (TPSA) is 79.3 Å². The second-order valence-electron chi connectivity index (χ2n) is 7.04. The number of benzene rings is 2. The molecule has 2 unspecified atom stereocenters. The van der Waals surface area contributed by atoms with Crippen molar-refractivity contribution >= 4 is 34.2 Å². The summed E-state index contributed by atoms with van der Waals surface area (Å²) in [4.78, 5) is 31.4. The van der Waals surface area contributed by atoms with Gasteiger partial charge in [0.2, 0.25) is 11.8 Å². The summed E-state index contributed by atoms with van der Waals surface area (Å²) in [5, 5.41) is 6.04. The SMILES string of the molecule is O=C(Cn1cnc2ccccc21)NC1CC2C(=O)Nc3ccccc3N2C1. The first kappa shape index (κ1) is 15.9. The van der Waals surface area contributed by atoms with E-state index in [1.807, 2.05) is 53.1 Å². The summed E-state index contributed by atoms with van der Waals surface area (Å²) in [7, 11) is 0. The lowest BCUT2D eigenvalue weighted by atomic mass is 10.1. The lowest BCUT2D eigenvalue weighted by Crippen LogP contribution is -2.44. The molecule has 0 radical (unpaired) electrons. The van der Waals surface area contributed by atoms with Crippen molar-refractivity contribution in [2.45, 2.75) is 25.0 Å². The van der Waals surface area contributed by atoms with Gasteiger partial charge in [0.05, 0.1) is 28.7 Å². The molecule has 2 aliphatic rings. The molecule has 5 rings (SSSR count). The molecule has 0 saturated carbocycles. The summed E-state index contributed by atoms with van der Waals surface area (Å²) in [6.07, 6.45) is 2.29. The Kier molecular flexibility index (Phi) is 3.60. The minimum absolute atomic E-state index is 0.00828. The quantitative estimate of drug-likeness (QED) is 0.745. The van der Waals surface area contributed by atoms with E-state index in [-0.39, 0.29) is 30.4 Å². The van der Waals surface area contributed by atoms with E-state index in [1.54, 1.807) is 6.33 Å². The predicted octanol–water partition coefficient (Wildman–Crippen LogP) is 1.75. The Morgan fingerprint density at radius 3 is 2.93 bits per heavy atom. The van der Waals surface area contributed by atoms with Crippen molar-refractivity contribution in [1.82, 2.24) is 14.9 Å². The third-order valence-corrected chi connectivity index (χ3v) is 5.28. The average Bonchev–Trinajstić information content (AvgIpc) is 3.27. The lowest BCUT2D eigenvalue weighted by Gasteiger charge is -2.32. The van der Waals surface area contributed by atoms with E-state index < -0.39 is 0 Å². The Morgan fingerprint density at radius 1 is 1.19 bits per heavy atom. The van der Waals surface area contributed by atoms with Gasteiger partial charge < -0.3 is 20.1 Å². The van der Waals surface area contributed by atoms with Gasteiger partial charge in [-0.05, 0) is 30.7 Å². The number of aromatic nitrogens is 2. The second-order valence-corrected chi connectivity index (χ2v) is 7.04. The Labute approximate surface area is 156 Å². The summed E-state index contributed by atoms with van der Waals surface area (Å²) in [6.45, 7) is 0.843. The molecule has 1 saturated heterocycles. The molecule has 1 fully saturated rings. The van der Waals surface area contributed by atoms with E-state index >= 15 is 0 Å². The van der Waals surface area contributed by atoms with Crippen molar-refractivity contribution in [1.29, 1.82) is 0 Å². The van der Waals surface area contributed by atoms with Crippen LogP contribution in [0.15, 0.2) is 54.9 Å². The monoisotopic (exact) mass is 361 g/mol. The molecule has 2 aromatic carbocycles. The van der Waals surface area contributed by atoms with Gasteiger partial charge in [-0.2, -0.15) is 0 Å². The molecule has 7 heteroatoms. The van der Waals surface area contributed by atoms with Gasteiger partial charge in [-0.1, -0.05) is 24.3 Å². The molecule has 7 nitrogen and oxygen atoms in total. The maximum atomic E-state index is 12.6. The number of anilines is 2. The molecule has 27 heavy (non-hydrogen) atoms. The molecule has 2 atom stereocenters. The normalized spacial score (nSPS) is 20.9. The molecule has 136 valence electrons. The highest BCUT2D eigenvalue weighted by Crippen LogP contribution is 2.36. The number of nitrogens with one attached hydrogen (secondary N) is 2. The number of carbonyl (C=O) groups is 2. The van der Waals surface area contributed by atoms with Crippen LogP contribution in [0.2, 0.25) is 0 Å². The fraction of sp³-hybridized carbons (Fsp3) is 0.250. The summed E-state index contributed by atoms with van der Waals surface area (Å²) in [5.41, 5.74) is 3.65. The van der Waals surface area contributed by atoms with Gasteiger partial charge in [-0.25, -0.2) is 4.98 Å². The lowest BCUT2D eigenvalue weighted by molar-refractivity contribution is -0.122. The summed E-state index contributed by atoms with van der Waals surface area (Å²) in [5.74, 6) is -0.0808. The maximum Gasteiger partial charge on any atom is 0.247 e. The molecule has 2 N–H and O–H groups in total. The number of rotatable bonds is 3. The number of para-hydroxylation sites is 4. The minimum atomic E-state index is -0.237. The molecule has 3 heterocycles. The predicted molar refractivity (Wildman–Crippen MR) is 102 cm³/mol. The Bertz CT molecular complexity index is 1040. The number of hydrogen-bond donors (Lipinski definition) is 2. The van der Waals surface area contributed by atoms with Crippen LogP contribution in [-0.2, 0) is 16.1 Å². The molecule has 3 aromatic rings. The Balaban J connectivity index is 1.30. The summed E-state index contributed by atoms with van der Waals surface area (Å²) < 4.78 is 1.84. The molecule has 0 bridgehead atoms. The van der Waals surface area contributed by atoms with Crippen LogP contribution >= 0.6 is 0 Å². The van der Waals surface area contributed by atoms with Crippen LogP contribution < -0.4 is 15.5 Å². The van der Waals surface area contributed by atoms with Crippen LogP contribution in [0, 0.1) is 0 Å². The third-order valence-electron chi connectivity index (χ3n) is 5.28. The number of hydrogen-bond acceptors (Lipinski definition) is 4. The first-order valence-corrected chi connectivity index (χ1v) is 9.05. The van der Waals surface area contributed by atoms with Gasteiger partial charge in [-0.3, -0.25) is 9.59 Å². The second kappa shape index (κ2) is 6.12. The highest BCUT2D eigenvalue weighted by Gasteiger charge is 2.41. The van der Waals surface area contributed by atoms with Crippen molar-refractivity contribution in [2.75, 3.05) is 16.8 Å². The van der Waals surface area contributed by atoms with Crippen LogP contribution in [0.1, 0.15) is 6.42 Å². The Hall–Kier alpha value is -3.35. The average molecular weight is 361 g/mol. The molecule has 0 aliphatic carbocycles. The van der Waals surface area contributed by atoms with Crippen molar-refractivity contribution in [3.05, 3.63) is 54.9 Å². The number of imidazole rings is 1. The fourth-order valence-electron chi connectivity index (χ4n) is 4.07. The minimum Gasteiger partial charge on any atom is -0.356 e. The maximum absolute atomic E-state index is 12.6. The van der Waals surface area contributed by atoms with Crippen LogP contribution in [0.3, 0.4) is 0 Å². The zero-order valence-corrected chi connectivity index (χ0v) is 14.6. The standard InChI is InChI=1S/C20H19N5O2/c26-19(11-24-12-21-14-5-1-3-7-16(14)24)22-13-9-18-20(27)23-15-6-2-4-8-17(15)25(18)10-13/h1-8,12-13,18H,9-11H2,(H,22,26)(H,23,27). The van der Waals surface area contributed by atoms with Crippen LogP contribution in [0.5, 0.6) is 0 Å². The zero-order valence-electron chi connectivity index (χ0n) is 14.6. The van der Waals surface area contributed by atoms with Crippen molar-refractivity contribution in [3.63, 3.8) is 0 Å². The molecular formula is C20H19N5O2. The van der Waals surface area contributed by atoms with E-state index in [9.17, 15) is 9.59 Å². The van der Waals surface area contributed by atoms with E-state index in [0.29, 0.717) is 13.0 Å². The molecule has 0 spiro atoms. The van der Waals surface area contributed by atoms with Crippen molar-refractivity contribution < 1.29 is 9.59 Å². The number of nitrogens with zero attached hydrogens (tertiary/aromatic N) is 3. The largest absolute Gasteiger partial charge is 0.356 e. The van der Waals surface area contributed by atoms with E-state index in [1.165, 1.54) is 0 Å². The molecule has 2 amide bonds. The first-order chi connectivity index (χ1) is 13.2. The fourth-order valence-corrected chi connectivity index (χ4v) is 4.07. The molecular weight excluding hydrogens is 342 g/mol. The highest BCUT2D eigenvalue weighted by molar-refractivity contribution is 6.04. The van der Waals surface area contributed by atoms with E-state index in [2.05, 4.69) is 20.5 Å². The Morgan fingerprint density at radius 2 is 2.00 bits per heavy atom. The number of fused-ring (bicyclic) bond motifs is 4. The van der Waals surface area contributed by atoms with Gasteiger partial charge in [0.25, 0.3) is 0 Å².